The molecule has 0 radical (unpaired) electrons. The van der Waals surface area contributed by atoms with Crippen LogP contribution in [0.5, 0.6) is 0 Å². The molecule has 6 rings (SSSR count). The molecular formula is C45H53N2O3S+. The Morgan fingerprint density at radius 1 is 0.706 bits per heavy atom. The zero-order valence-corrected chi connectivity index (χ0v) is 31.7. The predicted octanol–water partition coefficient (Wildman–Crippen LogP) is 11.0. The van der Waals surface area contributed by atoms with Crippen LogP contribution in [0.15, 0.2) is 121 Å². The first-order chi connectivity index (χ1) is 24.4. The summed E-state index contributed by atoms with van der Waals surface area (Å²) in [4.78, 5) is 2.33. The van der Waals surface area contributed by atoms with Gasteiger partial charge in [0.15, 0.2) is 5.71 Å². The van der Waals surface area contributed by atoms with E-state index < -0.39 is 10.1 Å². The molecule has 0 atom stereocenters. The molecule has 4 aromatic rings. The van der Waals surface area contributed by atoms with Gasteiger partial charge in [0.1, 0.15) is 6.54 Å². The minimum absolute atomic E-state index is 0.121. The van der Waals surface area contributed by atoms with Gasteiger partial charge in [-0.05, 0) is 78.4 Å². The van der Waals surface area contributed by atoms with Crippen molar-refractivity contribution in [3.05, 3.63) is 132 Å². The maximum atomic E-state index is 11.4. The van der Waals surface area contributed by atoms with E-state index in [1.54, 1.807) is 0 Å². The van der Waals surface area contributed by atoms with Gasteiger partial charge in [-0.15, -0.1) is 0 Å². The van der Waals surface area contributed by atoms with Crippen LogP contribution in [0, 0.1) is 0 Å². The molecule has 0 unspecified atom stereocenters. The van der Waals surface area contributed by atoms with Crippen molar-refractivity contribution < 1.29 is 17.5 Å². The van der Waals surface area contributed by atoms with Crippen LogP contribution in [-0.2, 0) is 20.9 Å². The predicted molar refractivity (Wildman–Crippen MR) is 216 cm³/mol. The lowest BCUT2D eigenvalue weighted by molar-refractivity contribution is -0.438. The minimum Gasteiger partial charge on any atom is -0.344 e. The highest BCUT2D eigenvalue weighted by Gasteiger charge is 2.45. The van der Waals surface area contributed by atoms with E-state index in [0.717, 1.165) is 12.2 Å². The van der Waals surface area contributed by atoms with Crippen molar-refractivity contribution >= 4 is 48.7 Å². The number of rotatable bonds is 14. The number of benzene rings is 4. The van der Waals surface area contributed by atoms with Crippen molar-refractivity contribution in [3.63, 3.8) is 0 Å². The van der Waals surface area contributed by atoms with Crippen molar-refractivity contribution in [1.29, 1.82) is 0 Å². The third kappa shape index (κ3) is 7.54. The third-order valence-corrected chi connectivity index (χ3v) is 11.5. The lowest BCUT2D eigenvalue weighted by Gasteiger charge is -2.27. The molecular weight excluding hydrogens is 649 g/mol. The minimum atomic E-state index is -3.98. The van der Waals surface area contributed by atoms with E-state index in [4.69, 9.17) is 0 Å². The van der Waals surface area contributed by atoms with Crippen molar-refractivity contribution in [2.24, 2.45) is 0 Å². The van der Waals surface area contributed by atoms with E-state index in [-0.39, 0.29) is 16.6 Å². The number of anilines is 1. The second kappa shape index (κ2) is 15.1. The number of allylic oxidation sites excluding steroid dienone is 8. The number of hydrogen-bond donors (Lipinski definition) is 1. The summed E-state index contributed by atoms with van der Waals surface area (Å²) in [5, 5.41) is 5.08. The Labute approximate surface area is 305 Å². The maximum Gasteiger partial charge on any atom is 0.264 e. The highest BCUT2D eigenvalue weighted by atomic mass is 32.2. The molecule has 0 bridgehead atoms. The van der Waals surface area contributed by atoms with Crippen molar-refractivity contribution in [2.75, 3.05) is 23.7 Å². The van der Waals surface area contributed by atoms with Crippen LogP contribution >= 0.6 is 0 Å². The average Bonchev–Trinajstić information content (AvgIpc) is 3.46. The molecule has 5 nitrogen and oxygen atoms in total. The summed E-state index contributed by atoms with van der Waals surface area (Å²) in [6.07, 6.45) is 21.0. The van der Waals surface area contributed by atoms with Gasteiger partial charge in [0.05, 0.1) is 11.2 Å². The monoisotopic (exact) mass is 701 g/mol. The van der Waals surface area contributed by atoms with Crippen LogP contribution in [0.3, 0.4) is 0 Å². The van der Waals surface area contributed by atoms with Crippen LogP contribution in [-0.4, -0.2) is 42.1 Å². The van der Waals surface area contributed by atoms with Crippen LogP contribution in [0.1, 0.15) is 84.3 Å². The van der Waals surface area contributed by atoms with Crippen LogP contribution in [0.4, 0.5) is 11.4 Å². The first-order valence-corrected chi connectivity index (χ1v) is 20.2. The fourth-order valence-electron chi connectivity index (χ4n) is 8.29. The zero-order valence-electron chi connectivity index (χ0n) is 30.9. The fourth-order valence-corrected chi connectivity index (χ4v) is 8.86. The molecule has 51 heavy (non-hydrogen) atoms. The average molecular weight is 702 g/mol. The topological polar surface area (TPSA) is 60.6 Å². The Kier molecular flexibility index (Phi) is 10.9. The molecule has 0 amide bonds. The van der Waals surface area contributed by atoms with Crippen LogP contribution in [0.25, 0.3) is 21.5 Å². The fraction of sp³-hybridized carbons (Fsp3) is 0.356. The molecule has 2 aliphatic heterocycles. The van der Waals surface area contributed by atoms with Gasteiger partial charge in [-0.1, -0.05) is 119 Å². The SMILES string of the molecule is CCCCCC[N+]1=C(C=CC=CC=CC=C2N(CCCCS(=O)(=O)O)c3ccc4ccccc4c3C2(C)C)C(C)(C)c2c1ccc1ccccc21. The maximum absolute atomic E-state index is 11.4. The highest BCUT2D eigenvalue weighted by molar-refractivity contribution is 7.85. The molecule has 0 fully saturated rings. The van der Waals surface area contributed by atoms with E-state index >= 15 is 0 Å². The molecule has 0 aromatic heterocycles. The Hall–Kier alpha value is -4.26. The molecule has 0 saturated heterocycles. The summed E-state index contributed by atoms with van der Waals surface area (Å²) in [6.45, 7) is 13.2. The molecule has 0 aliphatic carbocycles. The first-order valence-electron chi connectivity index (χ1n) is 18.6. The molecule has 4 aromatic carbocycles. The summed E-state index contributed by atoms with van der Waals surface area (Å²) in [6, 6.07) is 26.2. The van der Waals surface area contributed by atoms with E-state index in [9.17, 15) is 13.0 Å². The van der Waals surface area contributed by atoms with Gasteiger partial charge < -0.3 is 4.90 Å². The lowest BCUT2D eigenvalue weighted by Crippen LogP contribution is -2.28. The number of hydrogen-bond acceptors (Lipinski definition) is 3. The second-order valence-corrected chi connectivity index (χ2v) is 16.6. The normalized spacial score (nSPS) is 17.7. The third-order valence-electron chi connectivity index (χ3n) is 10.7. The van der Waals surface area contributed by atoms with Gasteiger partial charge in [0, 0.05) is 47.5 Å². The van der Waals surface area contributed by atoms with Gasteiger partial charge in [-0.3, -0.25) is 4.55 Å². The molecule has 6 heteroatoms. The standard InChI is InChI=1S/C45H52N2O3S/c1-6-7-8-18-31-46-38-29-27-34-21-14-16-23-36(34)42(38)44(2,3)40(46)25-12-10-9-11-13-26-41-45(4,5)43-37-24-17-15-22-35(37)28-30-39(43)47(41)32-19-20-33-51(48,49)50/h9-17,21-30H,6-8,18-20,31-33H2,1-5H3/p+1. The summed E-state index contributed by atoms with van der Waals surface area (Å²) < 4.78 is 34.6. The van der Waals surface area contributed by atoms with Gasteiger partial charge in [-0.25, -0.2) is 0 Å². The van der Waals surface area contributed by atoms with E-state index in [2.05, 4.69) is 159 Å². The Balaban J connectivity index is 1.25. The quantitative estimate of drug-likeness (QED) is 0.0615. The van der Waals surface area contributed by atoms with Gasteiger partial charge in [-0.2, -0.15) is 13.0 Å². The molecule has 266 valence electrons. The van der Waals surface area contributed by atoms with E-state index in [1.807, 2.05) is 0 Å². The molecule has 0 saturated carbocycles. The first kappa shape index (κ1) is 36.5. The number of unbranched alkanes of at least 4 members (excludes halogenated alkanes) is 4. The Bertz CT molecular complexity index is 2180. The summed E-state index contributed by atoms with van der Waals surface area (Å²) >= 11 is 0. The van der Waals surface area contributed by atoms with Gasteiger partial charge in [0.2, 0.25) is 5.69 Å². The van der Waals surface area contributed by atoms with Crippen molar-refractivity contribution in [1.82, 2.24) is 0 Å². The summed E-state index contributed by atoms with van der Waals surface area (Å²) in [5.74, 6) is -0.221. The van der Waals surface area contributed by atoms with Gasteiger partial charge >= 0.3 is 0 Å². The van der Waals surface area contributed by atoms with E-state index in [0.29, 0.717) is 19.4 Å². The molecule has 2 aliphatic rings. The van der Waals surface area contributed by atoms with E-state index in [1.165, 1.54) is 75.5 Å². The van der Waals surface area contributed by atoms with Gasteiger partial charge in [0.25, 0.3) is 10.1 Å². The summed E-state index contributed by atoms with van der Waals surface area (Å²) in [5.41, 5.74) is 7.34. The second-order valence-electron chi connectivity index (χ2n) is 15.0. The smallest absolute Gasteiger partial charge is 0.264 e. The zero-order chi connectivity index (χ0) is 36.2. The van der Waals surface area contributed by atoms with Crippen molar-refractivity contribution in [3.8, 4) is 0 Å². The molecule has 2 heterocycles. The lowest BCUT2D eigenvalue weighted by atomic mass is 9.79. The largest absolute Gasteiger partial charge is 0.344 e. The van der Waals surface area contributed by atoms with Crippen LogP contribution in [0.2, 0.25) is 0 Å². The van der Waals surface area contributed by atoms with Crippen LogP contribution < -0.4 is 4.90 Å². The Morgan fingerprint density at radius 2 is 1.35 bits per heavy atom. The summed E-state index contributed by atoms with van der Waals surface area (Å²) in [7, 11) is -3.98. The molecule has 0 spiro atoms. The number of fused-ring (bicyclic) bond motifs is 6. The number of nitrogens with zero attached hydrogens (tertiary/aromatic N) is 2. The highest BCUT2D eigenvalue weighted by Crippen LogP contribution is 2.51. The Morgan fingerprint density at radius 3 is 2.06 bits per heavy atom. The van der Waals surface area contributed by atoms with Crippen molar-refractivity contribution in [2.45, 2.75) is 84.0 Å². The molecule has 1 N–H and O–H groups in total.